The molecule has 4 aromatic rings. The molecular weight excluding hydrogens is 438 g/mol. The number of imidazole rings is 1. The molecule has 10 heteroatoms. The Balaban J connectivity index is 1.64. The molecule has 8 nitrogen and oxygen atoms in total. The molecule has 4 heterocycles. The predicted molar refractivity (Wildman–Crippen MR) is 102 cm³/mol. The number of ether oxygens (including phenoxy) is 1. The van der Waals surface area contributed by atoms with Crippen LogP contribution in [-0.4, -0.2) is 36.2 Å². The molecule has 0 unspecified atom stereocenters. The van der Waals surface area contributed by atoms with Crippen LogP contribution >= 0.6 is 27.5 Å². The highest BCUT2D eigenvalue weighted by atomic mass is 79.9. The summed E-state index contributed by atoms with van der Waals surface area (Å²) in [5.74, 6) is 0.633. The zero-order valence-electron chi connectivity index (χ0n) is 13.3. The van der Waals surface area contributed by atoms with Crippen molar-refractivity contribution in [1.29, 1.82) is 0 Å². The predicted octanol–water partition coefficient (Wildman–Crippen LogP) is 4.55. The van der Waals surface area contributed by atoms with Crippen molar-refractivity contribution in [2.75, 3.05) is 0 Å². The van der Waals surface area contributed by atoms with E-state index < -0.39 is 6.16 Å². The van der Waals surface area contributed by atoms with E-state index in [1.807, 2.05) is 6.07 Å². The van der Waals surface area contributed by atoms with E-state index in [1.165, 1.54) is 12.3 Å². The highest BCUT2D eigenvalue weighted by Crippen LogP contribution is 2.29. The van der Waals surface area contributed by atoms with Crippen molar-refractivity contribution in [2.24, 2.45) is 0 Å². The Labute approximate surface area is 165 Å². The van der Waals surface area contributed by atoms with Crippen molar-refractivity contribution in [1.82, 2.24) is 24.9 Å². The number of nitrogens with one attached hydrogen (secondary N) is 1. The van der Waals surface area contributed by atoms with Crippen LogP contribution in [0.5, 0.6) is 5.75 Å². The number of rotatable bonds is 3. The van der Waals surface area contributed by atoms with E-state index in [4.69, 9.17) is 16.7 Å². The normalized spacial score (nSPS) is 10.9. The Bertz CT molecular complexity index is 1160. The van der Waals surface area contributed by atoms with Gasteiger partial charge in [-0.25, -0.2) is 14.8 Å². The molecule has 0 aliphatic carbocycles. The van der Waals surface area contributed by atoms with Crippen LogP contribution < -0.4 is 4.74 Å². The lowest BCUT2D eigenvalue weighted by Crippen LogP contribution is -2.03. The van der Waals surface area contributed by atoms with E-state index in [1.54, 1.807) is 24.5 Å². The molecule has 0 saturated carbocycles. The summed E-state index contributed by atoms with van der Waals surface area (Å²) in [6.45, 7) is 0. The van der Waals surface area contributed by atoms with Gasteiger partial charge in [-0.2, -0.15) is 0 Å². The highest BCUT2D eigenvalue weighted by molar-refractivity contribution is 9.10. The molecule has 0 fully saturated rings. The van der Waals surface area contributed by atoms with Crippen LogP contribution in [0.2, 0.25) is 5.02 Å². The molecule has 0 bridgehead atoms. The van der Waals surface area contributed by atoms with Crippen LogP contribution in [0.4, 0.5) is 4.79 Å². The maximum Gasteiger partial charge on any atom is 0.511 e. The first kappa shape index (κ1) is 17.4. The topological polar surface area (TPSA) is 114 Å². The Hall–Kier alpha value is -3.04. The van der Waals surface area contributed by atoms with Crippen molar-refractivity contribution in [2.45, 2.75) is 0 Å². The van der Waals surface area contributed by atoms with Gasteiger partial charge in [0.2, 0.25) is 0 Å². The van der Waals surface area contributed by atoms with Gasteiger partial charge in [0.25, 0.3) is 0 Å². The molecule has 0 amide bonds. The van der Waals surface area contributed by atoms with Gasteiger partial charge in [0.1, 0.15) is 5.69 Å². The lowest BCUT2D eigenvalue weighted by Gasteiger charge is -2.06. The van der Waals surface area contributed by atoms with Gasteiger partial charge in [0.15, 0.2) is 17.2 Å². The maximum absolute atomic E-state index is 10.6. The minimum Gasteiger partial charge on any atom is -0.449 e. The number of hydrogen-bond acceptors (Lipinski definition) is 6. The monoisotopic (exact) mass is 445 g/mol. The molecule has 0 aliphatic rings. The average molecular weight is 447 g/mol. The highest BCUT2D eigenvalue weighted by Gasteiger charge is 2.12. The van der Waals surface area contributed by atoms with Gasteiger partial charge in [-0.1, -0.05) is 11.6 Å². The number of hydrogen-bond donors (Lipinski definition) is 2. The van der Waals surface area contributed by atoms with Crippen LogP contribution in [-0.2, 0) is 0 Å². The summed E-state index contributed by atoms with van der Waals surface area (Å²) in [6.07, 6.45) is 3.14. The van der Waals surface area contributed by atoms with Gasteiger partial charge >= 0.3 is 6.16 Å². The van der Waals surface area contributed by atoms with Gasteiger partial charge in [-0.3, -0.25) is 9.97 Å². The van der Waals surface area contributed by atoms with Gasteiger partial charge < -0.3 is 14.8 Å². The van der Waals surface area contributed by atoms with Crippen molar-refractivity contribution in [3.8, 4) is 28.5 Å². The minimum absolute atomic E-state index is 0.0433. The van der Waals surface area contributed by atoms with Gasteiger partial charge in [-0.05, 0) is 34.1 Å². The second-order valence-electron chi connectivity index (χ2n) is 5.41. The smallest absolute Gasteiger partial charge is 0.449 e. The second kappa shape index (κ2) is 6.93. The number of aromatic amines is 1. The molecule has 0 atom stereocenters. The molecule has 4 rings (SSSR count). The third kappa shape index (κ3) is 3.60. The van der Waals surface area contributed by atoms with Crippen molar-refractivity contribution >= 4 is 44.9 Å². The van der Waals surface area contributed by atoms with Crippen molar-refractivity contribution in [3.05, 3.63) is 52.4 Å². The van der Waals surface area contributed by atoms with E-state index in [2.05, 4.69) is 45.6 Å². The van der Waals surface area contributed by atoms with E-state index in [-0.39, 0.29) is 10.8 Å². The molecule has 0 radical (unpaired) electrons. The number of aromatic nitrogens is 5. The van der Waals surface area contributed by atoms with Crippen LogP contribution in [0.25, 0.3) is 33.9 Å². The molecular formula is C17H9BrClN5O3. The molecule has 4 aromatic heterocycles. The first-order valence-electron chi connectivity index (χ1n) is 7.54. The zero-order valence-corrected chi connectivity index (χ0v) is 15.7. The number of nitrogens with zero attached hydrogens (tertiary/aromatic N) is 4. The van der Waals surface area contributed by atoms with E-state index >= 15 is 0 Å². The summed E-state index contributed by atoms with van der Waals surface area (Å²) in [4.78, 5) is 30.9. The SMILES string of the molecule is O=C(O)Oc1cnc(-c2ccc(-c3nc4ncc(Br)cc4[nH]3)nc2)c(Cl)c1. The summed E-state index contributed by atoms with van der Waals surface area (Å²) >= 11 is 9.55. The summed E-state index contributed by atoms with van der Waals surface area (Å²) in [5, 5.41) is 8.88. The fourth-order valence-corrected chi connectivity index (χ4v) is 3.06. The van der Waals surface area contributed by atoms with Crippen LogP contribution in [0.15, 0.2) is 47.3 Å². The number of halogens is 2. The number of carbonyl (C=O) groups is 1. The minimum atomic E-state index is -1.43. The van der Waals surface area contributed by atoms with E-state index in [0.29, 0.717) is 28.4 Å². The van der Waals surface area contributed by atoms with E-state index in [0.717, 1.165) is 9.99 Å². The van der Waals surface area contributed by atoms with Crippen LogP contribution in [0, 0.1) is 0 Å². The Morgan fingerprint density at radius 1 is 1.15 bits per heavy atom. The number of H-pyrrole nitrogens is 1. The Morgan fingerprint density at radius 2 is 2.00 bits per heavy atom. The number of pyridine rings is 3. The maximum atomic E-state index is 10.6. The third-order valence-corrected chi connectivity index (χ3v) is 4.33. The van der Waals surface area contributed by atoms with Crippen LogP contribution in [0.1, 0.15) is 0 Å². The Kier molecular flexibility index (Phi) is 4.46. The number of fused-ring (bicyclic) bond motifs is 1. The summed E-state index contributed by atoms with van der Waals surface area (Å²) in [7, 11) is 0. The lowest BCUT2D eigenvalue weighted by atomic mass is 10.1. The third-order valence-electron chi connectivity index (χ3n) is 3.60. The van der Waals surface area contributed by atoms with Gasteiger partial charge in [-0.15, -0.1) is 0 Å². The molecule has 0 saturated heterocycles. The first-order valence-corrected chi connectivity index (χ1v) is 8.71. The quantitative estimate of drug-likeness (QED) is 0.444. The summed E-state index contributed by atoms with van der Waals surface area (Å²) in [5.41, 5.74) is 3.16. The molecule has 0 aliphatic heterocycles. The fourth-order valence-electron chi connectivity index (χ4n) is 2.46. The fraction of sp³-hybridized carbons (Fsp3) is 0. The van der Waals surface area contributed by atoms with Crippen LogP contribution in [0.3, 0.4) is 0 Å². The first-order chi connectivity index (χ1) is 13.0. The van der Waals surface area contributed by atoms with Gasteiger partial charge in [0, 0.05) is 28.5 Å². The van der Waals surface area contributed by atoms with Crippen molar-refractivity contribution in [3.63, 3.8) is 0 Å². The zero-order chi connectivity index (χ0) is 19.0. The second-order valence-corrected chi connectivity index (χ2v) is 6.73. The number of carboxylic acid groups (broad SMARTS) is 1. The standard InChI is InChI=1S/C17H9BrClN5O3/c18-9-3-13-15(22-6-9)24-16(23-13)12-2-1-8(5-20-12)14-11(19)4-10(7-21-14)27-17(25)26/h1-7H,(H,25,26)(H,22,23,24). The lowest BCUT2D eigenvalue weighted by molar-refractivity contribution is 0.144. The van der Waals surface area contributed by atoms with Gasteiger partial charge in [0.05, 0.1) is 22.4 Å². The van der Waals surface area contributed by atoms with E-state index in [9.17, 15) is 4.79 Å². The largest absolute Gasteiger partial charge is 0.511 e. The average Bonchev–Trinajstić information content (AvgIpc) is 3.04. The molecule has 0 spiro atoms. The molecule has 2 N–H and O–H groups in total. The Morgan fingerprint density at radius 3 is 2.70 bits per heavy atom. The molecule has 0 aromatic carbocycles. The van der Waals surface area contributed by atoms with Crippen molar-refractivity contribution < 1.29 is 14.6 Å². The molecule has 27 heavy (non-hydrogen) atoms. The summed E-state index contributed by atoms with van der Waals surface area (Å²) < 4.78 is 5.38. The summed E-state index contributed by atoms with van der Waals surface area (Å²) in [6, 6.07) is 6.85. The molecule has 134 valence electrons.